The van der Waals surface area contributed by atoms with E-state index in [-0.39, 0.29) is 11.6 Å². The number of halogens is 1. The maximum atomic E-state index is 13.0. The molecule has 128 valence electrons. The van der Waals surface area contributed by atoms with E-state index in [1.54, 1.807) is 31.4 Å². The molecule has 24 heavy (non-hydrogen) atoms. The number of aromatic hydroxyl groups is 1. The Hall–Kier alpha value is -2.11. The lowest BCUT2D eigenvalue weighted by molar-refractivity contribution is 0.104. The van der Waals surface area contributed by atoms with Gasteiger partial charge in [0.2, 0.25) is 0 Å². The first-order chi connectivity index (χ1) is 11.6. The van der Waals surface area contributed by atoms with Gasteiger partial charge in [-0.2, -0.15) is 0 Å². The normalized spacial score (nSPS) is 15.5. The van der Waals surface area contributed by atoms with Crippen LogP contribution in [0.15, 0.2) is 42.5 Å². The standard InChI is InChI=1S/C19H22FNO3/c1-24-17-8-9-18(22)14(10-17)11-21(16-6-7-16)12-19(23)13-2-4-15(20)5-3-13/h2-5,8-10,16,19,22-23H,6-7,11-12H2,1H3. The van der Waals surface area contributed by atoms with Gasteiger partial charge < -0.3 is 14.9 Å². The van der Waals surface area contributed by atoms with Gasteiger partial charge in [-0.3, -0.25) is 4.90 Å². The van der Waals surface area contributed by atoms with Crippen LogP contribution in [0.5, 0.6) is 11.5 Å². The summed E-state index contributed by atoms with van der Waals surface area (Å²) in [5.74, 6) is 0.599. The van der Waals surface area contributed by atoms with Crippen molar-refractivity contribution in [3.8, 4) is 11.5 Å². The molecule has 0 saturated heterocycles. The molecular formula is C19H22FNO3. The van der Waals surface area contributed by atoms with Crippen molar-refractivity contribution in [2.45, 2.75) is 31.5 Å². The molecule has 2 aromatic rings. The van der Waals surface area contributed by atoms with Crippen LogP contribution in [0, 0.1) is 5.82 Å². The van der Waals surface area contributed by atoms with E-state index in [9.17, 15) is 14.6 Å². The van der Waals surface area contributed by atoms with Crippen molar-refractivity contribution in [1.29, 1.82) is 0 Å². The third-order valence-corrected chi connectivity index (χ3v) is 4.39. The van der Waals surface area contributed by atoms with Crippen LogP contribution in [0.4, 0.5) is 4.39 Å². The Morgan fingerprint density at radius 1 is 1.21 bits per heavy atom. The second-order valence-electron chi connectivity index (χ2n) is 6.22. The largest absolute Gasteiger partial charge is 0.508 e. The third-order valence-electron chi connectivity index (χ3n) is 4.39. The highest BCUT2D eigenvalue weighted by atomic mass is 19.1. The van der Waals surface area contributed by atoms with Crippen LogP contribution in [0.2, 0.25) is 0 Å². The molecule has 0 aromatic heterocycles. The van der Waals surface area contributed by atoms with Gasteiger partial charge in [-0.25, -0.2) is 4.39 Å². The average Bonchev–Trinajstić information content (AvgIpc) is 3.41. The van der Waals surface area contributed by atoms with E-state index in [0.29, 0.717) is 30.4 Å². The Balaban J connectivity index is 1.72. The SMILES string of the molecule is COc1ccc(O)c(CN(CC(O)c2ccc(F)cc2)C2CC2)c1. The van der Waals surface area contributed by atoms with Crippen LogP contribution >= 0.6 is 0 Å². The minimum absolute atomic E-state index is 0.220. The zero-order valence-corrected chi connectivity index (χ0v) is 13.7. The van der Waals surface area contributed by atoms with Gasteiger partial charge in [0.15, 0.2) is 0 Å². The quantitative estimate of drug-likeness (QED) is 0.818. The second kappa shape index (κ2) is 7.20. The molecule has 1 fully saturated rings. The summed E-state index contributed by atoms with van der Waals surface area (Å²) in [4.78, 5) is 2.16. The summed E-state index contributed by atoms with van der Waals surface area (Å²) >= 11 is 0. The minimum atomic E-state index is -0.695. The van der Waals surface area contributed by atoms with Gasteiger partial charge in [0.05, 0.1) is 13.2 Å². The molecule has 1 aliphatic rings. The Morgan fingerprint density at radius 3 is 2.54 bits per heavy atom. The van der Waals surface area contributed by atoms with E-state index in [1.165, 1.54) is 12.1 Å². The van der Waals surface area contributed by atoms with E-state index in [1.807, 2.05) is 6.07 Å². The molecule has 4 nitrogen and oxygen atoms in total. The minimum Gasteiger partial charge on any atom is -0.508 e. The predicted octanol–water partition coefficient (Wildman–Crippen LogP) is 3.24. The fourth-order valence-corrected chi connectivity index (χ4v) is 2.83. The fourth-order valence-electron chi connectivity index (χ4n) is 2.83. The molecule has 0 radical (unpaired) electrons. The highest BCUT2D eigenvalue weighted by Gasteiger charge is 2.31. The molecule has 1 unspecified atom stereocenters. The Labute approximate surface area is 141 Å². The van der Waals surface area contributed by atoms with Crippen molar-refractivity contribution in [1.82, 2.24) is 4.90 Å². The first-order valence-corrected chi connectivity index (χ1v) is 8.10. The first kappa shape index (κ1) is 16.7. The number of methoxy groups -OCH3 is 1. The van der Waals surface area contributed by atoms with Crippen LogP contribution in [0.25, 0.3) is 0 Å². The first-order valence-electron chi connectivity index (χ1n) is 8.10. The molecule has 2 N–H and O–H groups in total. The number of aliphatic hydroxyl groups excluding tert-OH is 1. The van der Waals surface area contributed by atoms with Crippen LogP contribution < -0.4 is 4.74 Å². The van der Waals surface area contributed by atoms with Crippen LogP contribution in [-0.2, 0) is 6.54 Å². The molecule has 0 aliphatic heterocycles. The maximum absolute atomic E-state index is 13.0. The van der Waals surface area contributed by atoms with Crippen LogP contribution in [0.1, 0.15) is 30.1 Å². The van der Waals surface area contributed by atoms with Crippen molar-refractivity contribution >= 4 is 0 Å². The lowest BCUT2D eigenvalue weighted by Gasteiger charge is -2.25. The van der Waals surface area contributed by atoms with Crippen molar-refractivity contribution in [3.05, 3.63) is 59.4 Å². The van der Waals surface area contributed by atoms with E-state index in [4.69, 9.17) is 4.74 Å². The molecule has 0 spiro atoms. The predicted molar refractivity (Wildman–Crippen MR) is 89.5 cm³/mol. The van der Waals surface area contributed by atoms with Gasteiger partial charge in [-0.1, -0.05) is 12.1 Å². The van der Waals surface area contributed by atoms with Gasteiger partial charge in [-0.05, 0) is 48.7 Å². The van der Waals surface area contributed by atoms with Gasteiger partial charge in [0.25, 0.3) is 0 Å². The summed E-state index contributed by atoms with van der Waals surface area (Å²) in [6.45, 7) is 0.971. The van der Waals surface area contributed by atoms with E-state index in [0.717, 1.165) is 18.4 Å². The topological polar surface area (TPSA) is 52.9 Å². The zero-order valence-electron chi connectivity index (χ0n) is 13.7. The van der Waals surface area contributed by atoms with E-state index in [2.05, 4.69) is 4.90 Å². The van der Waals surface area contributed by atoms with Gasteiger partial charge >= 0.3 is 0 Å². The highest BCUT2D eigenvalue weighted by Crippen LogP contribution is 2.33. The van der Waals surface area contributed by atoms with Gasteiger partial charge in [-0.15, -0.1) is 0 Å². The van der Waals surface area contributed by atoms with Crippen LogP contribution in [-0.4, -0.2) is 34.8 Å². The molecule has 2 aromatic carbocycles. The van der Waals surface area contributed by atoms with Crippen molar-refractivity contribution in [2.75, 3.05) is 13.7 Å². The molecule has 1 atom stereocenters. The average molecular weight is 331 g/mol. The Kier molecular flexibility index (Phi) is 5.02. The summed E-state index contributed by atoms with van der Waals surface area (Å²) in [7, 11) is 1.59. The summed E-state index contributed by atoms with van der Waals surface area (Å²) in [6, 6.07) is 11.5. The van der Waals surface area contributed by atoms with Crippen molar-refractivity contribution in [3.63, 3.8) is 0 Å². The summed E-state index contributed by atoms with van der Waals surface area (Å²) < 4.78 is 18.2. The number of nitrogens with zero attached hydrogens (tertiary/aromatic N) is 1. The molecule has 0 heterocycles. The van der Waals surface area contributed by atoms with Crippen molar-refractivity contribution < 1.29 is 19.3 Å². The molecule has 1 saturated carbocycles. The number of benzene rings is 2. The summed E-state index contributed by atoms with van der Waals surface area (Å²) in [5, 5.41) is 20.5. The number of aliphatic hydroxyl groups is 1. The van der Waals surface area contributed by atoms with E-state index < -0.39 is 6.10 Å². The van der Waals surface area contributed by atoms with Gasteiger partial charge in [0.1, 0.15) is 17.3 Å². The third kappa shape index (κ3) is 4.04. The zero-order chi connectivity index (χ0) is 17.1. The fraction of sp³-hybridized carbons (Fsp3) is 0.368. The number of phenolic OH excluding ortho intramolecular Hbond substituents is 1. The number of hydrogen-bond acceptors (Lipinski definition) is 4. The molecule has 0 bridgehead atoms. The maximum Gasteiger partial charge on any atom is 0.123 e. The summed E-state index contributed by atoms with van der Waals surface area (Å²) in [5.41, 5.74) is 1.46. The lowest BCUT2D eigenvalue weighted by atomic mass is 10.1. The Bertz CT molecular complexity index is 686. The number of rotatable bonds is 7. The highest BCUT2D eigenvalue weighted by molar-refractivity contribution is 5.39. The van der Waals surface area contributed by atoms with Crippen molar-refractivity contribution in [2.24, 2.45) is 0 Å². The molecule has 0 amide bonds. The second-order valence-corrected chi connectivity index (χ2v) is 6.22. The van der Waals surface area contributed by atoms with Crippen LogP contribution in [0.3, 0.4) is 0 Å². The lowest BCUT2D eigenvalue weighted by Crippen LogP contribution is -2.30. The molecule has 3 rings (SSSR count). The number of hydrogen-bond donors (Lipinski definition) is 2. The molecule has 1 aliphatic carbocycles. The monoisotopic (exact) mass is 331 g/mol. The molecule has 5 heteroatoms. The smallest absolute Gasteiger partial charge is 0.123 e. The summed E-state index contributed by atoms with van der Waals surface area (Å²) in [6.07, 6.45) is 1.47. The number of ether oxygens (including phenoxy) is 1. The Morgan fingerprint density at radius 2 is 1.92 bits per heavy atom. The molecular weight excluding hydrogens is 309 g/mol. The van der Waals surface area contributed by atoms with E-state index >= 15 is 0 Å². The van der Waals surface area contributed by atoms with Gasteiger partial charge in [0, 0.05) is 24.7 Å². The number of phenols is 1.